The minimum Gasteiger partial charge on any atom is -0.427 e. The number of anilines is 1. The second kappa shape index (κ2) is 36.6. The van der Waals surface area contributed by atoms with Gasteiger partial charge in [0, 0.05) is 37.3 Å². The molecule has 14 nitrogen and oxygen atoms in total. The van der Waals surface area contributed by atoms with E-state index in [2.05, 4.69) is 28.3 Å². The largest absolute Gasteiger partial charge is 0.470 e. The topological polar surface area (TPSA) is 211 Å². The fraction of sp³-hybridized carbons (Fsp3) is 0.702. The van der Waals surface area contributed by atoms with Crippen molar-refractivity contribution >= 4 is 49.9 Å². The fourth-order valence-electron chi connectivity index (χ4n) is 9.65. The Labute approximate surface area is 438 Å². The lowest BCUT2D eigenvalue weighted by Gasteiger charge is -2.19. The molecule has 0 radical (unpaired) electrons. The Bertz CT molecular complexity index is 2130. The number of benzene rings is 2. The van der Waals surface area contributed by atoms with Gasteiger partial charge in [0.05, 0.1) is 16.9 Å². The molecule has 0 fully saturated rings. The van der Waals surface area contributed by atoms with Crippen LogP contribution in [0.25, 0.3) is 22.2 Å². The Hall–Kier alpha value is -3.35. The summed E-state index contributed by atoms with van der Waals surface area (Å²) in [6, 6.07) is 10.7. The number of carbonyl (C=O) groups excluding carboxylic acids is 3. The van der Waals surface area contributed by atoms with Crippen molar-refractivity contribution in [2.45, 2.75) is 258 Å². The lowest BCUT2D eigenvalue weighted by molar-refractivity contribution is -0.135. The van der Waals surface area contributed by atoms with Gasteiger partial charge in [0.25, 0.3) is 0 Å². The first-order valence-corrected chi connectivity index (χ1v) is 31.6. The van der Waals surface area contributed by atoms with Crippen molar-refractivity contribution in [1.82, 2.24) is 4.57 Å². The van der Waals surface area contributed by atoms with Gasteiger partial charge in [-0.1, -0.05) is 194 Å². The highest BCUT2D eigenvalue weighted by Crippen LogP contribution is 2.52. The predicted octanol–water partition coefficient (Wildman–Crippen LogP) is 16.3. The number of aryl methyl sites for hydroxylation is 2. The molecule has 5 N–H and O–H groups in total. The zero-order chi connectivity index (χ0) is 53.3. The molecule has 0 saturated carbocycles. The van der Waals surface area contributed by atoms with Crippen molar-refractivity contribution in [2.24, 2.45) is 0 Å². The standard InChI is InChI=1S/C57H94N2O12P2/c1-5-8-10-12-14-16-18-20-22-24-26-28-30-32-34-36-54(61)69-48-40-38-47(39-41-48)57-46(4)49-44-50(58-53(60)42-43-56(72(63,64)65)71-73(66,67)68)52(45-51(49)59(57)7-3)70-55(62)37-35-33-31-29-27-25-23-21-19-17-15-13-11-9-6-2/h38-41,44-45,56H,5-37,42-43H2,1-4H3,(H,58,60)(H2,63,64,65)(H2,66,67,68). The highest BCUT2D eigenvalue weighted by atomic mass is 31.2. The van der Waals surface area contributed by atoms with Gasteiger partial charge in [-0.2, -0.15) is 0 Å². The minimum atomic E-state index is -5.29. The zero-order valence-electron chi connectivity index (χ0n) is 45.2. The number of hydrogen-bond donors (Lipinski definition) is 5. The molecule has 414 valence electrons. The molecule has 3 aromatic rings. The van der Waals surface area contributed by atoms with Gasteiger partial charge in [-0.25, -0.2) is 4.57 Å². The molecule has 2 aromatic carbocycles. The van der Waals surface area contributed by atoms with Crippen LogP contribution in [0.4, 0.5) is 5.69 Å². The number of esters is 2. The van der Waals surface area contributed by atoms with Gasteiger partial charge >= 0.3 is 27.4 Å². The monoisotopic (exact) mass is 1060 g/mol. The van der Waals surface area contributed by atoms with E-state index in [1.54, 1.807) is 24.3 Å². The molecule has 1 aromatic heterocycles. The number of fused-ring (bicyclic) bond motifs is 1. The first-order valence-electron chi connectivity index (χ1n) is 28.4. The molecule has 73 heavy (non-hydrogen) atoms. The Morgan fingerprint density at radius 3 is 1.37 bits per heavy atom. The van der Waals surface area contributed by atoms with E-state index in [0.717, 1.165) is 66.2 Å². The number of hydrogen-bond acceptors (Lipinski definition) is 8. The highest BCUT2D eigenvalue weighted by molar-refractivity contribution is 7.53. The van der Waals surface area contributed by atoms with Crippen molar-refractivity contribution < 1.29 is 57.1 Å². The number of unbranched alkanes of at least 4 members (excludes halogenated alkanes) is 28. The van der Waals surface area contributed by atoms with E-state index >= 15 is 0 Å². The normalized spacial score (nSPS) is 12.4. The number of aromatic nitrogens is 1. The smallest absolute Gasteiger partial charge is 0.427 e. The highest BCUT2D eigenvalue weighted by Gasteiger charge is 2.36. The molecule has 1 atom stereocenters. The van der Waals surface area contributed by atoms with E-state index in [1.165, 1.54) is 148 Å². The summed E-state index contributed by atoms with van der Waals surface area (Å²) < 4.78 is 41.5. The summed E-state index contributed by atoms with van der Waals surface area (Å²) >= 11 is 0. The number of rotatable bonds is 43. The number of carbonyl (C=O) groups is 3. The third kappa shape index (κ3) is 26.8. The Balaban J connectivity index is 1.61. The fourth-order valence-corrected chi connectivity index (χ4v) is 11.4. The van der Waals surface area contributed by atoms with Gasteiger partial charge in [-0.15, -0.1) is 0 Å². The van der Waals surface area contributed by atoms with Gasteiger partial charge in [0.2, 0.25) is 5.91 Å². The lowest BCUT2D eigenvalue weighted by Crippen LogP contribution is -2.18. The molecule has 0 aliphatic carbocycles. The van der Waals surface area contributed by atoms with Crippen molar-refractivity contribution in [3.8, 4) is 22.8 Å². The summed E-state index contributed by atoms with van der Waals surface area (Å²) in [5, 5.41) is 3.45. The molecular formula is C57H94N2O12P2. The van der Waals surface area contributed by atoms with Gasteiger partial charge in [-0.3, -0.25) is 23.5 Å². The van der Waals surface area contributed by atoms with Crippen molar-refractivity contribution in [3.63, 3.8) is 0 Å². The van der Waals surface area contributed by atoms with Gasteiger partial charge in [0.15, 0.2) is 11.6 Å². The summed E-state index contributed by atoms with van der Waals surface area (Å²) in [6.45, 7) is 8.97. The molecule has 3 rings (SSSR count). The Morgan fingerprint density at radius 1 is 0.562 bits per heavy atom. The Morgan fingerprint density at radius 2 is 0.973 bits per heavy atom. The maximum Gasteiger partial charge on any atom is 0.470 e. The summed E-state index contributed by atoms with van der Waals surface area (Å²) in [5.41, 5.74) is 3.45. The van der Waals surface area contributed by atoms with Gasteiger partial charge in [0.1, 0.15) is 5.75 Å². The number of phosphoric ester groups is 1. The number of nitrogens with one attached hydrogen (secondary N) is 1. The quantitative estimate of drug-likeness (QED) is 0.0155. The van der Waals surface area contributed by atoms with Crippen molar-refractivity contribution in [2.75, 3.05) is 5.32 Å². The summed E-state index contributed by atoms with van der Waals surface area (Å²) in [6.07, 6.45) is 36.0. The molecule has 0 aliphatic heterocycles. The van der Waals surface area contributed by atoms with E-state index in [0.29, 0.717) is 25.1 Å². The zero-order valence-corrected chi connectivity index (χ0v) is 47.0. The molecular weight excluding hydrogens is 967 g/mol. The first kappa shape index (κ1) is 63.9. The second-order valence-electron chi connectivity index (χ2n) is 20.2. The predicted molar refractivity (Wildman–Crippen MR) is 295 cm³/mol. The average molecular weight is 1060 g/mol. The summed E-state index contributed by atoms with van der Waals surface area (Å²) in [7, 11) is -10.5. The minimum absolute atomic E-state index is 0.0832. The number of amides is 1. The SMILES string of the molecule is CCCCCCCCCCCCCCCCCC(=O)Oc1ccc(-c2c(C)c3cc(NC(=O)CCC(OP(=O)(O)O)P(=O)(O)O)c(OC(=O)CCCCCCCCCCCCCCCCC)cc3n2CC)cc1. The van der Waals surface area contributed by atoms with Crippen LogP contribution in [-0.2, 0) is 34.6 Å². The van der Waals surface area contributed by atoms with Gasteiger partial charge < -0.3 is 38.9 Å². The van der Waals surface area contributed by atoms with Crippen LogP contribution >= 0.6 is 15.4 Å². The van der Waals surface area contributed by atoms with Crippen LogP contribution in [0.2, 0.25) is 0 Å². The first-order chi connectivity index (χ1) is 35.1. The summed E-state index contributed by atoms with van der Waals surface area (Å²) in [4.78, 5) is 77.3. The van der Waals surface area contributed by atoms with Crippen LogP contribution in [-0.4, -0.2) is 47.8 Å². The van der Waals surface area contributed by atoms with Crippen LogP contribution in [0.1, 0.15) is 245 Å². The third-order valence-electron chi connectivity index (χ3n) is 13.8. The van der Waals surface area contributed by atoms with Crippen molar-refractivity contribution in [3.05, 3.63) is 42.0 Å². The van der Waals surface area contributed by atoms with E-state index in [4.69, 9.17) is 9.47 Å². The molecule has 1 unspecified atom stereocenters. The third-order valence-corrected chi connectivity index (χ3v) is 15.6. The number of ether oxygens (including phenoxy) is 2. The number of nitrogens with zero attached hydrogens (tertiary/aromatic N) is 1. The maximum atomic E-state index is 13.4. The molecule has 1 amide bonds. The molecule has 1 heterocycles. The van der Waals surface area contributed by atoms with Crippen LogP contribution in [0.5, 0.6) is 11.5 Å². The lowest BCUT2D eigenvalue weighted by atomic mass is 10.0. The molecule has 0 saturated heterocycles. The average Bonchev–Trinajstić information content (AvgIpc) is 3.61. The second-order valence-corrected chi connectivity index (χ2v) is 23.1. The van der Waals surface area contributed by atoms with Crippen LogP contribution < -0.4 is 14.8 Å². The van der Waals surface area contributed by atoms with Crippen LogP contribution in [0, 0.1) is 6.92 Å². The van der Waals surface area contributed by atoms with Crippen LogP contribution in [0.15, 0.2) is 36.4 Å². The molecule has 0 spiro atoms. The van der Waals surface area contributed by atoms with Gasteiger partial charge in [-0.05, 0) is 74.6 Å². The van der Waals surface area contributed by atoms with E-state index in [9.17, 15) is 43.1 Å². The summed E-state index contributed by atoms with van der Waals surface area (Å²) in [5.74, 6) is -3.16. The Kier molecular flexibility index (Phi) is 32.1. The van der Waals surface area contributed by atoms with E-state index in [1.807, 2.05) is 26.0 Å². The molecule has 16 heteroatoms. The molecule has 0 bridgehead atoms. The van der Waals surface area contributed by atoms with E-state index in [-0.39, 0.29) is 23.8 Å². The van der Waals surface area contributed by atoms with E-state index < -0.39 is 46.0 Å². The maximum absolute atomic E-state index is 13.4. The van der Waals surface area contributed by atoms with Crippen LogP contribution in [0.3, 0.4) is 0 Å². The molecule has 0 aliphatic rings. The van der Waals surface area contributed by atoms with Crippen molar-refractivity contribution in [1.29, 1.82) is 0 Å². The number of phosphoric acid groups is 1.